The average Bonchev–Trinajstić information content (AvgIpc) is 3.11. The highest BCUT2D eigenvalue weighted by molar-refractivity contribution is 6.02. The third-order valence-electron chi connectivity index (χ3n) is 9.39. The van der Waals surface area contributed by atoms with Gasteiger partial charge in [-0.3, -0.25) is 14.4 Å². The smallest absolute Gasteiger partial charge is 0.360 e. The number of halogens is 2. The molecule has 8 nitrogen and oxygen atoms in total. The van der Waals surface area contributed by atoms with Crippen LogP contribution in [0.3, 0.4) is 0 Å². The largest absolute Gasteiger partial charge is 0.503 e. The number of phenolic OH excluding ortho intramolecular Hbond substituents is 1. The van der Waals surface area contributed by atoms with Crippen LogP contribution in [-0.4, -0.2) is 47.1 Å². The Morgan fingerprint density at radius 2 is 1.45 bits per heavy atom. The van der Waals surface area contributed by atoms with Crippen LogP contribution in [0.5, 0.6) is 5.75 Å². The summed E-state index contributed by atoms with van der Waals surface area (Å²) in [6.45, 7) is 4.71. The van der Waals surface area contributed by atoms with Gasteiger partial charge in [-0.15, -0.1) is 0 Å². The number of carbonyl (C=O) groups is 3. The van der Waals surface area contributed by atoms with Crippen LogP contribution >= 0.6 is 0 Å². The van der Waals surface area contributed by atoms with Crippen LogP contribution in [0.15, 0.2) is 100 Å². The third-order valence-corrected chi connectivity index (χ3v) is 9.39. The highest BCUT2D eigenvalue weighted by Crippen LogP contribution is 2.42. The summed E-state index contributed by atoms with van der Waals surface area (Å²) in [4.78, 5) is 56.2. The van der Waals surface area contributed by atoms with Crippen molar-refractivity contribution in [1.82, 2.24) is 4.90 Å². The first kappa shape index (κ1) is 33.4. The number of Topliss-reactive ketones (excluding diaryl/α,β-unsaturated/α-hetero) is 2. The fourth-order valence-electron chi connectivity index (χ4n) is 6.76. The number of amides is 1. The van der Waals surface area contributed by atoms with Crippen LogP contribution in [0, 0.1) is 37.3 Å². The number of anilines is 1. The van der Waals surface area contributed by atoms with Crippen LogP contribution in [0.2, 0.25) is 0 Å². The van der Waals surface area contributed by atoms with E-state index in [1.165, 1.54) is 0 Å². The first-order chi connectivity index (χ1) is 23.5. The summed E-state index contributed by atoms with van der Waals surface area (Å²) in [5.74, 6) is -6.42. The van der Waals surface area contributed by atoms with Crippen molar-refractivity contribution in [3.8, 4) is 5.75 Å². The van der Waals surface area contributed by atoms with Gasteiger partial charge < -0.3 is 19.7 Å². The zero-order valence-corrected chi connectivity index (χ0v) is 26.9. The SMILES string of the molecule is Cc1cccc(C2C(C(=O)c3ccccc3)CN(CCC(=O)Nc3cc4cc(F)c(O)c(F)c4oc3=O)CC2C(=O)c2ccccc2)c1C. The van der Waals surface area contributed by atoms with Crippen molar-refractivity contribution in [2.45, 2.75) is 26.2 Å². The number of ketones is 2. The summed E-state index contributed by atoms with van der Waals surface area (Å²) in [6, 6.07) is 25.7. The molecule has 10 heteroatoms. The molecule has 250 valence electrons. The number of carbonyl (C=O) groups excluding carboxylic acids is 3. The second-order valence-electron chi connectivity index (χ2n) is 12.4. The summed E-state index contributed by atoms with van der Waals surface area (Å²) in [7, 11) is 0. The minimum absolute atomic E-state index is 0.106. The van der Waals surface area contributed by atoms with Gasteiger partial charge >= 0.3 is 5.63 Å². The maximum absolute atomic E-state index is 14.3. The predicted molar refractivity (Wildman–Crippen MR) is 181 cm³/mol. The molecule has 2 N–H and O–H groups in total. The Balaban J connectivity index is 1.31. The number of phenols is 1. The first-order valence-electron chi connectivity index (χ1n) is 15.9. The second kappa shape index (κ2) is 13.9. The molecule has 2 atom stereocenters. The molecule has 1 aromatic heterocycles. The van der Waals surface area contributed by atoms with E-state index in [2.05, 4.69) is 5.32 Å². The van der Waals surface area contributed by atoms with Crippen LogP contribution in [0.1, 0.15) is 49.7 Å². The van der Waals surface area contributed by atoms with E-state index >= 15 is 0 Å². The molecule has 2 heterocycles. The molecule has 5 aromatic rings. The lowest BCUT2D eigenvalue weighted by Gasteiger charge is -2.43. The number of nitrogens with zero attached hydrogens (tertiary/aromatic N) is 1. The normalized spacial score (nSPS) is 17.9. The standard InChI is InChI=1S/C39H34F2N2O6/c1-22-10-9-15-27(23(22)2)33-28(35(45)24-11-5-3-6-12-24)20-43(21-29(33)36(46)25-13-7-4-8-14-25)17-16-32(44)42-31-19-26-18-30(40)37(47)34(41)38(26)49-39(31)48/h3-15,18-19,28-29,33,47H,16-17,20-21H2,1-2H3,(H,42,44). The van der Waals surface area contributed by atoms with Gasteiger partial charge in [0.05, 0.1) is 0 Å². The summed E-state index contributed by atoms with van der Waals surface area (Å²) in [6.07, 6.45) is -0.123. The molecule has 0 saturated carbocycles. The highest BCUT2D eigenvalue weighted by Gasteiger charge is 2.45. The Bertz CT molecular complexity index is 2050. The van der Waals surface area contributed by atoms with Gasteiger partial charge in [0.25, 0.3) is 0 Å². The summed E-state index contributed by atoms with van der Waals surface area (Å²) < 4.78 is 33.2. The summed E-state index contributed by atoms with van der Waals surface area (Å²) in [5.41, 5.74) is 2.00. The third kappa shape index (κ3) is 6.77. The van der Waals surface area contributed by atoms with Gasteiger partial charge in [-0.05, 0) is 42.7 Å². The molecule has 1 aliphatic heterocycles. The fraction of sp³-hybridized carbons (Fsp3) is 0.231. The molecule has 1 fully saturated rings. The average molecular weight is 665 g/mol. The number of aryl methyl sites for hydroxylation is 1. The molecule has 0 radical (unpaired) electrons. The maximum atomic E-state index is 14.3. The number of rotatable bonds is 9. The van der Waals surface area contributed by atoms with Crippen molar-refractivity contribution in [1.29, 1.82) is 0 Å². The van der Waals surface area contributed by atoms with E-state index in [1.807, 2.05) is 49.1 Å². The van der Waals surface area contributed by atoms with Crippen LogP contribution in [0.4, 0.5) is 14.5 Å². The van der Waals surface area contributed by atoms with Gasteiger partial charge in [0.15, 0.2) is 28.7 Å². The molecular formula is C39H34F2N2O6. The summed E-state index contributed by atoms with van der Waals surface area (Å²) in [5, 5.41) is 11.8. The molecule has 1 aliphatic rings. The lowest BCUT2D eigenvalue weighted by Crippen LogP contribution is -2.51. The highest BCUT2D eigenvalue weighted by atomic mass is 19.1. The van der Waals surface area contributed by atoms with E-state index < -0.39 is 52.3 Å². The van der Waals surface area contributed by atoms with E-state index in [-0.39, 0.29) is 48.7 Å². The second-order valence-corrected chi connectivity index (χ2v) is 12.4. The van der Waals surface area contributed by atoms with Crippen molar-refractivity contribution in [2.75, 3.05) is 25.0 Å². The fourth-order valence-corrected chi connectivity index (χ4v) is 6.76. The van der Waals surface area contributed by atoms with Gasteiger partial charge in [0.1, 0.15) is 5.69 Å². The summed E-state index contributed by atoms with van der Waals surface area (Å²) >= 11 is 0. The van der Waals surface area contributed by atoms with Crippen molar-refractivity contribution >= 4 is 34.1 Å². The molecule has 0 spiro atoms. The monoisotopic (exact) mass is 664 g/mol. The number of fused-ring (bicyclic) bond motifs is 1. The topological polar surface area (TPSA) is 117 Å². The predicted octanol–water partition coefficient (Wildman–Crippen LogP) is 6.82. The van der Waals surface area contributed by atoms with Crippen LogP contribution in [0.25, 0.3) is 11.0 Å². The molecule has 1 amide bonds. The molecule has 49 heavy (non-hydrogen) atoms. The van der Waals surface area contributed by atoms with Crippen molar-refractivity contribution in [3.63, 3.8) is 0 Å². The number of piperidine rings is 1. The van der Waals surface area contributed by atoms with Crippen LogP contribution in [-0.2, 0) is 4.79 Å². The van der Waals surface area contributed by atoms with Crippen molar-refractivity contribution in [3.05, 3.63) is 141 Å². The molecule has 0 aliphatic carbocycles. The number of nitrogens with one attached hydrogen (secondary N) is 1. The zero-order valence-electron chi connectivity index (χ0n) is 26.9. The Labute approximate surface area is 281 Å². The molecular weight excluding hydrogens is 630 g/mol. The minimum atomic E-state index is -1.42. The Morgan fingerprint density at radius 3 is 2.04 bits per heavy atom. The van der Waals surface area contributed by atoms with E-state index in [0.29, 0.717) is 11.1 Å². The molecule has 2 unspecified atom stereocenters. The van der Waals surface area contributed by atoms with Crippen molar-refractivity contribution < 1.29 is 32.7 Å². The van der Waals surface area contributed by atoms with E-state index in [1.54, 1.807) is 48.5 Å². The first-order valence-corrected chi connectivity index (χ1v) is 15.9. The lowest BCUT2D eigenvalue weighted by molar-refractivity contribution is -0.116. The Kier molecular flexibility index (Phi) is 9.51. The number of benzene rings is 4. The van der Waals surface area contributed by atoms with E-state index in [9.17, 15) is 33.1 Å². The van der Waals surface area contributed by atoms with Gasteiger partial charge in [-0.25, -0.2) is 9.18 Å². The van der Waals surface area contributed by atoms with Gasteiger partial charge in [0, 0.05) is 60.3 Å². The van der Waals surface area contributed by atoms with Crippen molar-refractivity contribution in [2.24, 2.45) is 11.8 Å². The van der Waals surface area contributed by atoms with E-state index in [0.717, 1.165) is 28.8 Å². The van der Waals surface area contributed by atoms with Gasteiger partial charge in [0.2, 0.25) is 11.7 Å². The molecule has 4 aromatic carbocycles. The van der Waals surface area contributed by atoms with Gasteiger partial charge in [-0.2, -0.15) is 4.39 Å². The Morgan fingerprint density at radius 1 is 0.857 bits per heavy atom. The number of hydrogen-bond acceptors (Lipinski definition) is 7. The molecule has 1 saturated heterocycles. The minimum Gasteiger partial charge on any atom is -0.503 e. The maximum Gasteiger partial charge on any atom is 0.360 e. The number of hydrogen-bond donors (Lipinski definition) is 2. The molecule has 6 rings (SSSR count). The number of aromatic hydroxyl groups is 1. The van der Waals surface area contributed by atoms with Crippen LogP contribution < -0.4 is 10.9 Å². The Hall–Kier alpha value is -5.48. The van der Waals surface area contributed by atoms with E-state index in [4.69, 9.17) is 4.42 Å². The number of likely N-dealkylation sites (tertiary alicyclic amines) is 1. The molecule has 0 bridgehead atoms. The quantitative estimate of drug-likeness (QED) is 0.131. The lowest BCUT2D eigenvalue weighted by atomic mass is 9.67. The van der Waals surface area contributed by atoms with Gasteiger partial charge in [-0.1, -0.05) is 78.9 Å². The zero-order chi connectivity index (χ0) is 34.8.